The van der Waals surface area contributed by atoms with Crippen LogP contribution in [0.15, 0.2) is 6.07 Å². The number of nitrogens with zero attached hydrogens (tertiary/aromatic N) is 2. The van der Waals surface area contributed by atoms with E-state index >= 15 is 0 Å². The third-order valence-corrected chi connectivity index (χ3v) is 2.30. The first-order chi connectivity index (χ1) is 8.40. The molecule has 0 radical (unpaired) electrons. The molecule has 1 heterocycles. The number of hydrogen-bond donors (Lipinski definition) is 2. The maximum atomic E-state index is 4.99. The molecule has 0 aromatic carbocycles. The normalized spacial score (nSPS) is 11.6. The number of rotatable bonds is 6. The molecule has 0 atom stereocenters. The Balaban J connectivity index is 2.62. The van der Waals surface area contributed by atoms with E-state index in [1.165, 1.54) is 0 Å². The van der Waals surface area contributed by atoms with Crippen LogP contribution >= 0.6 is 0 Å². The minimum absolute atomic E-state index is 0.0858. The van der Waals surface area contributed by atoms with Crippen molar-refractivity contribution >= 4 is 5.95 Å². The van der Waals surface area contributed by atoms with Gasteiger partial charge in [0, 0.05) is 31.4 Å². The highest BCUT2D eigenvalue weighted by Gasteiger charge is 2.09. The zero-order valence-electron chi connectivity index (χ0n) is 12.0. The molecule has 0 unspecified atom stereocenters. The molecule has 18 heavy (non-hydrogen) atoms. The predicted molar refractivity (Wildman–Crippen MR) is 73.7 cm³/mol. The lowest BCUT2D eigenvalue weighted by molar-refractivity contribution is 0.210. The standard InChI is InChI=1S/C13H24N4O/c1-10-8-11(9-15-13(2,3)4)17-12(16-10)14-6-7-18-5/h8,15H,6-7,9H2,1-5H3,(H,14,16,17). The van der Waals surface area contributed by atoms with Crippen molar-refractivity contribution in [2.75, 3.05) is 25.6 Å². The Morgan fingerprint density at radius 1 is 1.28 bits per heavy atom. The molecule has 1 aromatic rings. The smallest absolute Gasteiger partial charge is 0.223 e. The van der Waals surface area contributed by atoms with Crippen LogP contribution in [0.5, 0.6) is 0 Å². The molecule has 1 aromatic heterocycles. The summed E-state index contributed by atoms with van der Waals surface area (Å²) in [7, 11) is 1.68. The Kier molecular flexibility index (Phi) is 5.50. The molecule has 0 aliphatic rings. The molecule has 0 aliphatic carbocycles. The van der Waals surface area contributed by atoms with Crippen molar-refractivity contribution in [2.45, 2.75) is 39.8 Å². The van der Waals surface area contributed by atoms with E-state index in [2.05, 4.69) is 41.4 Å². The van der Waals surface area contributed by atoms with Crippen molar-refractivity contribution < 1.29 is 4.74 Å². The van der Waals surface area contributed by atoms with Gasteiger partial charge in [0.25, 0.3) is 0 Å². The molecule has 5 heteroatoms. The molecule has 102 valence electrons. The maximum absolute atomic E-state index is 4.99. The molecule has 2 N–H and O–H groups in total. The van der Waals surface area contributed by atoms with Crippen molar-refractivity contribution in [3.63, 3.8) is 0 Å². The zero-order valence-corrected chi connectivity index (χ0v) is 12.0. The Labute approximate surface area is 109 Å². The number of aryl methyl sites for hydroxylation is 1. The molecule has 0 bridgehead atoms. The summed E-state index contributed by atoms with van der Waals surface area (Å²) in [5.41, 5.74) is 2.05. The number of aromatic nitrogens is 2. The summed E-state index contributed by atoms with van der Waals surface area (Å²) in [5.74, 6) is 0.665. The van der Waals surface area contributed by atoms with E-state index < -0.39 is 0 Å². The molecule has 1 rings (SSSR count). The minimum atomic E-state index is 0.0858. The van der Waals surface area contributed by atoms with Crippen LogP contribution in [0.1, 0.15) is 32.2 Å². The van der Waals surface area contributed by atoms with Gasteiger partial charge in [-0.3, -0.25) is 0 Å². The average Bonchev–Trinajstić information content (AvgIpc) is 2.25. The van der Waals surface area contributed by atoms with Crippen LogP contribution < -0.4 is 10.6 Å². The summed E-state index contributed by atoms with van der Waals surface area (Å²) in [6, 6.07) is 2.00. The highest BCUT2D eigenvalue weighted by molar-refractivity contribution is 5.27. The lowest BCUT2D eigenvalue weighted by Gasteiger charge is -2.20. The lowest BCUT2D eigenvalue weighted by Crippen LogP contribution is -2.35. The van der Waals surface area contributed by atoms with Gasteiger partial charge in [0.1, 0.15) is 0 Å². The van der Waals surface area contributed by atoms with Gasteiger partial charge in [-0.2, -0.15) is 0 Å². The van der Waals surface area contributed by atoms with E-state index in [0.717, 1.165) is 17.9 Å². The highest BCUT2D eigenvalue weighted by Crippen LogP contribution is 2.07. The van der Waals surface area contributed by atoms with Crippen LogP contribution in [-0.2, 0) is 11.3 Å². The summed E-state index contributed by atoms with van der Waals surface area (Å²) < 4.78 is 4.99. The molecule has 5 nitrogen and oxygen atoms in total. The second-order valence-corrected chi connectivity index (χ2v) is 5.35. The van der Waals surface area contributed by atoms with Gasteiger partial charge in [-0.1, -0.05) is 0 Å². The average molecular weight is 252 g/mol. The number of hydrogen-bond acceptors (Lipinski definition) is 5. The summed E-state index contributed by atoms with van der Waals surface area (Å²) >= 11 is 0. The van der Waals surface area contributed by atoms with E-state index in [0.29, 0.717) is 19.1 Å². The van der Waals surface area contributed by atoms with E-state index in [1.807, 2.05) is 13.0 Å². The van der Waals surface area contributed by atoms with Gasteiger partial charge in [0.05, 0.1) is 12.3 Å². The maximum Gasteiger partial charge on any atom is 0.223 e. The molecular weight excluding hydrogens is 228 g/mol. The molecule has 0 aliphatic heterocycles. The fourth-order valence-corrected chi connectivity index (χ4v) is 1.42. The number of anilines is 1. The van der Waals surface area contributed by atoms with E-state index in [4.69, 9.17) is 4.74 Å². The Hall–Kier alpha value is -1.20. The van der Waals surface area contributed by atoms with Gasteiger partial charge in [-0.05, 0) is 33.8 Å². The van der Waals surface area contributed by atoms with Crippen molar-refractivity contribution in [1.29, 1.82) is 0 Å². The Bertz CT molecular complexity index is 374. The molecule has 0 saturated heterocycles. The first kappa shape index (κ1) is 14.9. The molecular formula is C13H24N4O. The monoisotopic (exact) mass is 252 g/mol. The first-order valence-corrected chi connectivity index (χ1v) is 6.23. The molecule has 0 fully saturated rings. The number of nitrogens with one attached hydrogen (secondary N) is 2. The predicted octanol–water partition coefficient (Wildman–Crippen LogP) is 1.73. The van der Waals surface area contributed by atoms with Gasteiger partial charge in [-0.15, -0.1) is 0 Å². The van der Waals surface area contributed by atoms with Gasteiger partial charge in [0.2, 0.25) is 5.95 Å². The number of methoxy groups -OCH3 is 1. The highest BCUT2D eigenvalue weighted by atomic mass is 16.5. The quantitative estimate of drug-likeness (QED) is 0.755. The van der Waals surface area contributed by atoms with Crippen LogP contribution in [0.2, 0.25) is 0 Å². The Morgan fingerprint density at radius 2 is 2.00 bits per heavy atom. The fourth-order valence-electron chi connectivity index (χ4n) is 1.42. The van der Waals surface area contributed by atoms with Crippen molar-refractivity contribution in [2.24, 2.45) is 0 Å². The topological polar surface area (TPSA) is 59.1 Å². The van der Waals surface area contributed by atoms with E-state index in [1.54, 1.807) is 7.11 Å². The van der Waals surface area contributed by atoms with Crippen molar-refractivity contribution in [1.82, 2.24) is 15.3 Å². The third-order valence-electron chi connectivity index (χ3n) is 2.30. The van der Waals surface area contributed by atoms with Gasteiger partial charge in [0.15, 0.2) is 0 Å². The molecule has 0 amide bonds. The van der Waals surface area contributed by atoms with Crippen LogP contribution in [0.3, 0.4) is 0 Å². The summed E-state index contributed by atoms with van der Waals surface area (Å²) in [6.45, 7) is 10.5. The zero-order chi connectivity index (χ0) is 13.6. The van der Waals surface area contributed by atoms with E-state index in [9.17, 15) is 0 Å². The van der Waals surface area contributed by atoms with Crippen molar-refractivity contribution in [3.05, 3.63) is 17.5 Å². The Morgan fingerprint density at radius 3 is 2.61 bits per heavy atom. The van der Waals surface area contributed by atoms with Crippen LogP contribution in [0.25, 0.3) is 0 Å². The summed E-state index contributed by atoms with van der Waals surface area (Å²) in [4.78, 5) is 8.81. The first-order valence-electron chi connectivity index (χ1n) is 6.23. The van der Waals surface area contributed by atoms with Gasteiger partial charge >= 0.3 is 0 Å². The largest absolute Gasteiger partial charge is 0.383 e. The third kappa shape index (κ3) is 5.93. The summed E-state index contributed by atoms with van der Waals surface area (Å²) in [6.07, 6.45) is 0. The lowest BCUT2D eigenvalue weighted by atomic mass is 10.1. The SMILES string of the molecule is COCCNc1nc(C)cc(CNC(C)(C)C)n1. The van der Waals surface area contributed by atoms with Crippen LogP contribution in [0.4, 0.5) is 5.95 Å². The molecule has 0 spiro atoms. The van der Waals surface area contributed by atoms with Gasteiger partial charge < -0.3 is 15.4 Å². The van der Waals surface area contributed by atoms with Crippen LogP contribution in [-0.4, -0.2) is 35.8 Å². The van der Waals surface area contributed by atoms with Gasteiger partial charge in [-0.25, -0.2) is 9.97 Å². The minimum Gasteiger partial charge on any atom is -0.383 e. The second-order valence-electron chi connectivity index (χ2n) is 5.35. The van der Waals surface area contributed by atoms with Crippen LogP contribution in [0, 0.1) is 6.92 Å². The number of ether oxygens (including phenoxy) is 1. The van der Waals surface area contributed by atoms with Crippen molar-refractivity contribution in [3.8, 4) is 0 Å². The van der Waals surface area contributed by atoms with E-state index in [-0.39, 0.29) is 5.54 Å². The second kappa shape index (κ2) is 6.66. The summed E-state index contributed by atoms with van der Waals surface area (Å²) in [5, 5.41) is 6.57. The molecule has 0 saturated carbocycles. The fraction of sp³-hybridized carbons (Fsp3) is 0.692.